The molecule has 2 aromatic heterocycles. The maximum absolute atomic E-state index is 12.2. The van der Waals surface area contributed by atoms with E-state index in [1.807, 2.05) is 24.6 Å². The summed E-state index contributed by atoms with van der Waals surface area (Å²) in [7, 11) is 2.01. The third-order valence-corrected chi connectivity index (χ3v) is 5.08. The van der Waals surface area contributed by atoms with Crippen LogP contribution < -0.4 is 10.2 Å². The van der Waals surface area contributed by atoms with Crippen LogP contribution in [-0.2, 0) is 17.7 Å². The van der Waals surface area contributed by atoms with E-state index in [0.29, 0.717) is 18.2 Å². The minimum atomic E-state index is -0.130. The number of anilines is 1. The molecule has 1 aliphatic heterocycles. The fraction of sp³-hybridized carbons (Fsp3) is 0.471. The second-order valence-electron chi connectivity index (χ2n) is 5.80. The first kappa shape index (κ1) is 16.9. The molecule has 128 valence electrons. The zero-order chi connectivity index (χ0) is 16.9. The molecule has 2 aromatic rings. The molecule has 6 nitrogen and oxygen atoms in total. The topological polar surface area (TPSA) is 67.4 Å². The molecule has 1 saturated heterocycles. The maximum Gasteiger partial charge on any atom is 0.253 e. The molecule has 1 fully saturated rings. The van der Waals surface area contributed by atoms with Gasteiger partial charge in [-0.15, -0.1) is 11.3 Å². The van der Waals surface area contributed by atoms with Crippen LogP contribution in [0.15, 0.2) is 23.7 Å². The average molecular weight is 346 g/mol. The lowest BCUT2D eigenvalue weighted by Crippen LogP contribution is -2.32. The quantitative estimate of drug-likeness (QED) is 0.869. The summed E-state index contributed by atoms with van der Waals surface area (Å²) in [6, 6.07) is 4.05. The summed E-state index contributed by atoms with van der Waals surface area (Å²) >= 11 is 1.57. The van der Waals surface area contributed by atoms with E-state index in [0.717, 1.165) is 42.6 Å². The molecule has 0 spiro atoms. The van der Waals surface area contributed by atoms with Gasteiger partial charge in [-0.2, -0.15) is 0 Å². The van der Waals surface area contributed by atoms with Crippen molar-refractivity contribution < 1.29 is 9.53 Å². The molecule has 1 aliphatic rings. The molecule has 3 rings (SSSR count). The number of amides is 1. The fourth-order valence-corrected chi connectivity index (χ4v) is 3.41. The molecule has 3 heterocycles. The first-order valence-electron chi connectivity index (χ1n) is 8.15. The molecule has 7 heteroatoms. The number of thiazole rings is 1. The number of nitrogens with zero attached hydrogens (tertiary/aromatic N) is 3. The van der Waals surface area contributed by atoms with Crippen molar-refractivity contribution in [3.63, 3.8) is 0 Å². The van der Waals surface area contributed by atoms with E-state index in [4.69, 9.17) is 4.74 Å². The average Bonchev–Trinajstić information content (AvgIpc) is 3.30. The summed E-state index contributed by atoms with van der Waals surface area (Å²) in [6.07, 6.45) is 3.54. The number of rotatable bonds is 6. The number of likely N-dealkylation sites (N-methyl/N-ethyl adjacent to an activating group) is 1. The zero-order valence-corrected chi connectivity index (χ0v) is 14.8. The van der Waals surface area contributed by atoms with Gasteiger partial charge < -0.3 is 15.0 Å². The Morgan fingerprint density at radius 1 is 1.50 bits per heavy atom. The second-order valence-corrected chi connectivity index (χ2v) is 6.74. The van der Waals surface area contributed by atoms with Crippen molar-refractivity contribution in [2.75, 3.05) is 25.2 Å². The minimum absolute atomic E-state index is 0.130. The first-order valence-corrected chi connectivity index (χ1v) is 9.03. The summed E-state index contributed by atoms with van der Waals surface area (Å²) in [5.74, 6) is 0.726. The summed E-state index contributed by atoms with van der Waals surface area (Å²) in [5, 5.41) is 5.84. The van der Waals surface area contributed by atoms with Gasteiger partial charge in [0.05, 0.1) is 30.5 Å². The van der Waals surface area contributed by atoms with E-state index >= 15 is 0 Å². The molecule has 0 aliphatic carbocycles. The van der Waals surface area contributed by atoms with Crippen molar-refractivity contribution >= 4 is 23.1 Å². The molecule has 0 bridgehead atoms. The van der Waals surface area contributed by atoms with Gasteiger partial charge in [0, 0.05) is 25.2 Å². The van der Waals surface area contributed by atoms with Crippen molar-refractivity contribution in [1.29, 1.82) is 0 Å². The third kappa shape index (κ3) is 3.91. The van der Waals surface area contributed by atoms with Crippen molar-refractivity contribution in [3.8, 4) is 0 Å². The van der Waals surface area contributed by atoms with Crippen molar-refractivity contribution in [2.24, 2.45) is 0 Å². The number of hydrogen-bond donors (Lipinski definition) is 1. The molecule has 0 radical (unpaired) electrons. The number of aryl methyl sites for hydroxylation is 1. The Labute approximate surface area is 145 Å². The predicted molar refractivity (Wildman–Crippen MR) is 94.5 cm³/mol. The number of nitrogens with one attached hydrogen (secondary N) is 1. The standard InChI is InChI=1S/C17H22N4O2S/c1-3-13-11-24-16(20-13)9-19-17(22)12-4-5-15(18-8-12)21(2)14-6-7-23-10-14/h4-5,8,11,14H,3,6-7,9-10H2,1-2H3,(H,19,22). The Morgan fingerprint density at radius 3 is 3.00 bits per heavy atom. The van der Waals surface area contributed by atoms with E-state index in [2.05, 4.69) is 27.1 Å². The van der Waals surface area contributed by atoms with Gasteiger partial charge in [-0.05, 0) is 25.0 Å². The van der Waals surface area contributed by atoms with E-state index < -0.39 is 0 Å². The Morgan fingerprint density at radius 2 is 2.38 bits per heavy atom. The maximum atomic E-state index is 12.2. The molecular weight excluding hydrogens is 324 g/mol. The first-order chi connectivity index (χ1) is 11.7. The number of pyridine rings is 1. The smallest absolute Gasteiger partial charge is 0.253 e. The van der Waals surface area contributed by atoms with E-state index in [9.17, 15) is 4.79 Å². The van der Waals surface area contributed by atoms with Gasteiger partial charge in [-0.1, -0.05) is 6.92 Å². The van der Waals surface area contributed by atoms with Gasteiger partial charge >= 0.3 is 0 Å². The molecule has 0 saturated carbocycles. The number of ether oxygens (including phenoxy) is 1. The lowest BCUT2D eigenvalue weighted by atomic mass is 10.2. The normalized spacial score (nSPS) is 17.0. The van der Waals surface area contributed by atoms with Crippen LogP contribution in [0.1, 0.15) is 34.4 Å². The van der Waals surface area contributed by atoms with Crippen LogP contribution in [0, 0.1) is 0 Å². The molecule has 24 heavy (non-hydrogen) atoms. The number of carbonyl (C=O) groups excluding carboxylic acids is 1. The summed E-state index contributed by atoms with van der Waals surface area (Å²) in [4.78, 5) is 23.2. The molecular formula is C17H22N4O2S. The Kier molecular flexibility index (Phi) is 5.42. The Balaban J connectivity index is 1.57. The highest BCUT2D eigenvalue weighted by Crippen LogP contribution is 2.18. The predicted octanol–water partition coefficient (Wildman–Crippen LogP) is 2.26. The van der Waals surface area contributed by atoms with Crippen LogP contribution >= 0.6 is 11.3 Å². The number of carbonyl (C=O) groups is 1. The van der Waals surface area contributed by atoms with Gasteiger partial charge in [-0.25, -0.2) is 9.97 Å². The highest BCUT2D eigenvalue weighted by atomic mass is 32.1. The van der Waals surface area contributed by atoms with E-state index in [-0.39, 0.29) is 5.91 Å². The van der Waals surface area contributed by atoms with Gasteiger partial charge in [0.15, 0.2) is 0 Å². The van der Waals surface area contributed by atoms with Crippen LogP contribution in [0.4, 0.5) is 5.82 Å². The van der Waals surface area contributed by atoms with E-state index in [1.165, 1.54) is 0 Å². The minimum Gasteiger partial charge on any atom is -0.379 e. The van der Waals surface area contributed by atoms with Crippen LogP contribution in [0.25, 0.3) is 0 Å². The number of hydrogen-bond acceptors (Lipinski definition) is 6. The third-order valence-electron chi connectivity index (χ3n) is 4.19. The monoisotopic (exact) mass is 346 g/mol. The Hall–Kier alpha value is -1.99. The van der Waals surface area contributed by atoms with E-state index in [1.54, 1.807) is 17.5 Å². The van der Waals surface area contributed by atoms with Crippen LogP contribution in [0.3, 0.4) is 0 Å². The van der Waals surface area contributed by atoms with Gasteiger partial charge in [0.25, 0.3) is 5.91 Å². The second kappa shape index (κ2) is 7.72. The number of aromatic nitrogens is 2. The Bertz CT molecular complexity index is 680. The van der Waals surface area contributed by atoms with Gasteiger partial charge in [-0.3, -0.25) is 4.79 Å². The molecule has 0 aromatic carbocycles. The lowest BCUT2D eigenvalue weighted by molar-refractivity contribution is 0.0950. The highest BCUT2D eigenvalue weighted by Gasteiger charge is 2.21. The summed E-state index contributed by atoms with van der Waals surface area (Å²) < 4.78 is 5.41. The lowest BCUT2D eigenvalue weighted by Gasteiger charge is -2.24. The van der Waals surface area contributed by atoms with Gasteiger partial charge in [0.1, 0.15) is 10.8 Å². The summed E-state index contributed by atoms with van der Waals surface area (Å²) in [5.41, 5.74) is 1.62. The van der Waals surface area contributed by atoms with Crippen LogP contribution in [0.2, 0.25) is 0 Å². The zero-order valence-electron chi connectivity index (χ0n) is 14.0. The molecule has 1 N–H and O–H groups in total. The summed E-state index contributed by atoms with van der Waals surface area (Å²) in [6.45, 7) is 4.05. The van der Waals surface area contributed by atoms with Gasteiger partial charge in [0.2, 0.25) is 0 Å². The van der Waals surface area contributed by atoms with Crippen molar-refractivity contribution in [1.82, 2.24) is 15.3 Å². The SMILES string of the molecule is CCc1csc(CNC(=O)c2ccc(N(C)C3CCOC3)nc2)n1. The van der Waals surface area contributed by atoms with Crippen LogP contribution in [-0.4, -0.2) is 42.2 Å². The fourth-order valence-electron chi connectivity index (χ4n) is 2.59. The van der Waals surface area contributed by atoms with Crippen molar-refractivity contribution in [3.05, 3.63) is 40.0 Å². The largest absolute Gasteiger partial charge is 0.379 e. The van der Waals surface area contributed by atoms with Crippen LogP contribution in [0.5, 0.6) is 0 Å². The molecule has 1 atom stereocenters. The molecule has 1 amide bonds. The highest BCUT2D eigenvalue weighted by molar-refractivity contribution is 7.09. The van der Waals surface area contributed by atoms with Crippen molar-refractivity contribution in [2.45, 2.75) is 32.4 Å². The molecule has 1 unspecified atom stereocenters.